The number of halogens is 2. The number of hydrogen-bond donors (Lipinski definition) is 2. The summed E-state index contributed by atoms with van der Waals surface area (Å²) in [5.74, 6) is -2.75. The SMILES string of the molecule is C/C1=C(/O)C(=O)N2/C(=C/CCN(Cc3ccc(F)c(Cl)c3)C1=O)C(=O)NC2C1CC1. The first kappa shape index (κ1) is 20.4. The van der Waals surface area contributed by atoms with Gasteiger partial charge in [0.05, 0.1) is 10.6 Å². The van der Waals surface area contributed by atoms with E-state index >= 15 is 0 Å². The Bertz CT molecular complexity index is 1000. The standard InChI is InChI=1S/C21H21ClFN3O4/c1-11-17(27)21(30)26-16(19(28)24-18(26)13-5-6-13)3-2-8-25(20(11)29)10-12-4-7-15(23)14(22)9-12/h3-4,7,9,13,18,27H,2,5-6,8,10H2,1H3,(H,24,28)/b16-3+,17-11-. The quantitative estimate of drug-likeness (QED) is 0.766. The minimum atomic E-state index is -0.769. The van der Waals surface area contributed by atoms with Crippen LogP contribution in [0.5, 0.6) is 0 Å². The number of amides is 3. The van der Waals surface area contributed by atoms with E-state index in [0.717, 1.165) is 12.8 Å². The fraction of sp³-hybridized carbons (Fsp3) is 0.381. The molecule has 0 bridgehead atoms. The van der Waals surface area contributed by atoms with Crippen molar-refractivity contribution in [3.8, 4) is 0 Å². The molecule has 2 N–H and O–H groups in total. The molecule has 158 valence electrons. The van der Waals surface area contributed by atoms with Crippen molar-refractivity contribution in [3.63, 3.8) is 0 Å². The maximum absolute atomic E-state index is 13.4. The normalized spacial score (nSPS) is 27.0. The Kier molecular flexibility index (Phi) is 5.27. The summed E-state index contributed by atoms with van der Waals surface area (Å²) in [6.45, 7) is 1.73. The zero-order chi connectivity index (χ0) is 21.6. The van der Waals surface area contributed by atoms with Gasteiger partial charge in [0.25, 0.3) is 17.7 Å². The molecule has 1 atom stereocenters. The Morgan fingerprint density at radius 2 is 1.97 bits per heavy atom. The number of fused-ring (bicyclic) bond motifs is 1. The van der Waals surface area contributed by atoms with Gasteiger partial charge in [-0.3, -0.25) is 19.3 Å². The summed E-state index contributed by atoms with van der Waals surface area (Å²) < 4.78 is 13.4. The molecule has 0 radical (unpaired) electrons. The molecule has 1 saturated heterocycles. The molecule has 30 heavy (non-hydrogen) atoms. The molecule has 7 nitrogen and oxygen atoms in total. The van der Waals surface area contributed by atoms with Crippen LogP contribution in [0.2, 0.25) is 5.02 Å². The molecule has 1 saturated carbocycles. The van der Waals surface area contributed by atoms with E-state index in [4.69, 9.17) is 11.6 Å². The van der Waals surface area contributed by atoms with Gasteiger partial charge in [0, 0.05) is 13.1 Å². The van der Waals surface area contributed by atoms with Crippen LogP contribution in [-0.4, -0.2) is 45.3 Å². The van der Waals surface area contributed by atoms with Gasteiger partial charge in [-0.05, 0) is 49.8 Å². The summed E-state index contributed by atoms with van der Waals surface area (Å²) in [4.78, 5) is 41.1. The molecule has 0 aromatic heterocycles. The highest BCUT2D eigenvalue weighted by Gasteiger charge is 2.47. The highest BCUT2D eigenvalue weighted by Crippen LogP contribution is 2.38. The first-order valence-electron chi connectivity index (χ1n) is 9.75. The summed E-state index contributed by atoms with van der Waals surface area (Å²) in [5, 5.41) is 13.3. The van der Waals surface area contributed by atoms with Crippen LogP contribution >= 0.6 is 11.6 Å². The van der Waals surface area contributed by atoms with Crippen molar-refractivity contribution in [3.05, 3.63) is 57.7 Å². The van der Waals surface area contributed by atoms with E-state index in [1.165, 1.54) is 34.9 Å². The van der Waals surface area contributed by atoms with Gasteiger partial charge >= 0.3 is 0 Å². The Morgan fingerprint density at radius 3 is 2.63 bits per heavy atom. The number of carbonyl (C=O) groups is 3. The van der Waals surface area contributed by atoms with Gasteiger partial charge < -0.3 is 15.3 Å². The second-order valence-corrected chi connectivity index (χ2v) is 8.16. The Labute approximate surface area is 177 Å². The maximum atomic E-state index is 13.4. The van der Waals surface area contributed by atoms with E-state index < -0.39 is 29.6 Å². The number of nitrogens with one attached hydrogen (secondary N) is 1. The highest BCUT2D eigenvalue weighted by atomic mass is 35.5. The van der Waals surface area contributed by atoms with E-state index in [2.05, 4.69) is 5.32 Å². The van der Waals surface area contributed by atoms with Gasteiger partial charge in [-0.15, -0.1) is 0 Å². The number of aliphatic hydroxyl groups excluding tert-OH is 1. The van der Waals surface area contributed by atoms with Crippen LogP contribution in [0.4, 0.5) is 4.39 Å². The minimum Gasteiger partial charge on any atom is -0.503 e. The minimum absolute atomic E-state index is 0.0576. The van der Waals surface area contributed by atoms with Gasteiger partial charge in [-0.2, -0.15) is 0 Å². The average molecular weight is 434 g/mol. The maximum Gasteiger partial charge on any atom is 0.295 e. The largest absolute Gasteiger partial charge is 0.503 e. The lowest BCUT2D eigenvalue weighted by atomic mass is 10.1. The molecular weight excluding hydrogens is 413 g/mol. The number of hydrogen-bond acceptors (Lipinski definition) is 4. The third-order valence-electron chi connectivity index (χ3n) is 5.60. The lowest BCUT2D eigenvalue weighted by Crippen LogP contribution is -2.43. The van der Waals surface area contributed by atoms with Crippen LogP contribution in [0, 0.1) is 11.7 Å². The smallest absolute Gasteiger partial charge is 0.295 e. The number of rotatable bonds is 3. The number of aliphatic hydroxyl groups is 1. The van der Waals surface area contributed by atoms with Crippen LogP contribution in [0.15, 0.2) is 41.3 Å². The zero-order valence-electron chi connectivity index (χ0n) is 16.3. The van der Waals surface area contributed by atoms with E-state index in [-0.39, 0.29) is 41.2 Å². The van der Waals surface area contributed by atoms with Crippen molar-refractivity contribution >= 4 is 29.3 Å². The molecule has 2 fully saturated rings. The molecule has 9 heteroatoms. The monoisotopic (exact) mass is 433 g/mol. The summed E-state index contributed by atoms with van der Waals surface area (Å²) in [7, 11) is 0. The van der Waals surface area contributed by atoms with Gasteiger partial charge in [0.1, 0.15) is 17.7 Å². The van der Waals surface area contributed by atoms with Crippen LogP contribution in [0.25, 0.3) is 0 Å². The molecule has 1 aromatic carbocycles. The van der Waals surface area contributed by atoms with Crippen molar-refractivity contribution in [2.75, 3.05) is 6.54 Å². The van der Waals surface area contributed by atoms with Crippen LogP contribution in [0.1, 0.15) is 31.7 Å². The number of nitrogens with zero attached hydrogens (tertiary/aromatic N) is 2. The molecule has 3 amide bonds. The van der Waals surface area contributed by atoms with Crippen molar-refractivity contribution in [2.24, 2.45) is 5.92 Å². The highest BCUT2D eigenvalue weighted by molar-refractivity contribution is 6.30. The second-order valence-electron chi connectivity index (χ2n) is 7.76. The molecule has 1 unspecified atom stereocenters. The number of carbonyl (C=O) groups excluding carboxylic acids is 3. The molecule has 1 aliphatic carbocycles. The van der Waals surface area contributed by atoms with Crippen molar-refractivity contribution in [1.82, 2.24) is 15.1 Å². The van der Waals surface area contributed by atoms with Gasteiger partial charge in [-0.25, -0.2) is 4.39 Å². The van der Waals surface area contributed by atoms with Crippen LogP contribution in [0.3, 0.4) is 0 Å². The molecule has 3 aliphatic rings. The summed E-state index contributed by atoms with van der Waals surface area (Å²) in [6.07, 6.45) is 3.22. The Balaban J connectivity index is 1.66. The Morgan fingerprint density at radius 1 is 1.23 bits per heavy atom. The predicted octanol–water partition coefficient (Wildman–Crippen LogP) is 2.62. The summed E-state index contributed by atoms with van der Waals surface area (Å²) in [5.41, 5.74) is 0.686. The number of benzene rings is 1. The predicted molar refractivity (Wildman–Crippen MR) is 106 cm³/mol. The third kappa shape index (κ3) is 3.67. The lowest BCUT2D eigenvalue weighted by Gasteiger charge is -2.27. The van der Waals surface area contributed by atoms with E-state index in [1.807, 2.05) is 0 Å². The van der Waals surface area contributed by atoms with Crippen LogP contribution in [-0.2, 0) is 20.9 Å². The first-order valence-corrected chi connectivity index (χ1v) is 10.1. The van der Waals surface area contributed by atoms with E-state index in [0.29, 0.717) is 12.0 Å². The summed E-state index contributed by atoms with van der Waals surface area (Å²) >= 11 is 5.83. The average Bonchev–Trinajstić information content (AvgIpc) is 3.51. The molecule has 1 aromatic rings. The second kappa shape index (κ2) is 7.75. The van der Waals surface area contributed by atoms with Gasteiger partial charge in [0.15, 0.2) is 5.76 Å². The van der Waals surface area contributed by atoms with E-state index in [1.54, 1.807) is 6.08 Å². The van der Waals surface area contributed by atoms with Crippen molar-refractivity contribution in [1.29, 1.82) is 0 Å². The van der Waals surface area contributed by atoms with Gasteiger partial charge in [0.2, 0.25) is 0 Å². The van der Waals surface area contributed by atoms with Crippen molar-refractivity contribution in [2.45, 2.75) is 38.9 Å². The summed E-state index contributed by atoms with van der Waals surface area (Å²) in [6, 6.07) is 4.16. The first-order chi connectivity index (χ1) is 14.3. The molecule has 2 aliphatic heterocycles. The third-order valence-corrected chi connectivity index (χ3v) is 5.89. The molecular formula is C21H21ClFN3O4. The zero-order valence-corrected chi connectivity index (χ0v) is 17.1. The Hall–Kier alpha value is -2.87. The lowest BCUT2D eigenvalue weighted by molar-refractivity contribution is -0.132. The molecule has 2 heterocycles. The topological polar surface area (TPSA) is 90.0 Å². The van der Waals surface area contributed by atoms with Gasteiger partial charge in [-0.1, -0.05) is 23.7 Å². The van der Waals surface area contributed by atoms with E-state index in [9.17, 15) is 23.9 Å². The molecule has 4 rings (SSSR count). The fourth-order valence-electron chi connectivity index (χ4n) is 3.78. The fourth-order valence-corrected chi connectivity index (χ4v) is 3.98. The van der Waals surface area contributed by atoms with Crippen LogP contribution < -0.4 is 5.32 Å². The van der Waals surface area contributed by atoms with Crippen molar-refractivity contribution < 1.29 is 23.9 Å². The molecule has 0 spiro atoms.